The molecule has 1 saturated carbocycles. The van der Waals surface area contributed by atoms with Gasteiger partial charge in [0.15, 0.2) is 0 Å². The topological polar surface area (TPSA) is 41.3 Å². The van der Waals surface area contributed by atoms with Crippen LogP contribution in [0.2, 0.25) is 0 Å². The predicted molar refractivity (Wildman–Crippen MR) is 54.6 cm³/mol. The summed E-state index contributed by atoms with van der Waals surface area (Å²) >= 11 is 0. The first-order chi connectivity index (χ1) is 6.24. The van der Waals surface area contributed by atoms with Gasteiger partial charge in [-0.1, -0.05) is 0 Å². The maximum atomic E-state index is 5.85. The Labute approximate surface area is 80.7 Å². The van der Waals surface area contributed by atoms with E-state index in [1.165, 1.54) is 32.4 Å². The van der Waals surface area contributed by atoms with Crippen molar-refractivity contribution in [2.45, 2.75) is 24.8 Å². The summed E-state index contributed by atoms with van der Waals surface area (Å²) in [5.41, 5.74) is 6.08. The van der Waals surface area contributed by atoms with E-state index in [0.29, 0.717) is 0 Å². The molecule has 2 fully saturated rings. The van der Waals surface area contributed by atoms with Crippen LogP contribution in [0.15, 0.2) is 0 Å². The molecule has 0 amide bonds. The number of likely N-dealkylation sites (tertiary alicyclic amines) is 1. The number of nitrogens with one attached hydrogen (secondary N) is 1. The second-order valence-corrected chi connectivity index (χ2v) is 4.80. The molecule has 0 radical (unpaired) electrons. The summed E-state index contributed by atoms with van der Waals surface area (Å²) < 4.78 is 0. The van der Waals surface area contributed by atoms with Crippen molar-refractivity contribution in [2.24, 2.45) is 11.7 Å². The van der Waals surface area contributed by atoms with Crippen molar-refractivity contribution in [1.82, 2.24) is 10.2 Å². The maximum absolute atomic E-state index is 5.85. The highest BCUT2D eigenvalue weighted by atomic mass is 15.2. The van der Waals surface area contributed by atoms with E-state index < -0.39 is 0 Å². The maximum Gasteiger partial charge on any atom is 0.0444 e. The fourth-order valence-electron chi connectivity index (χ4n) is 2.15. The smallest absolute Gasteiger partial charge is 0.0444 e. The van der Waals surface area contributed by atoms with Gasteiger partial charge in [-0.2, -0.15) is 0 Å². The largest absolute Gasteiger partial charge is 0.329 e. The number of hydrogen-bond acceptors (Lipinski definition) is 3. The van der Waals surface area contributed by atoms with Gasteiger partial charge in [-0.15, -0.1) is 0 Å². The van der Waals surface area contributed by atoms with Crippen LogP contribution in [-0.4, -0.2) is 43.7 Å². The predicted octanol–water partition coefficient (Wildman–Crippen LogP) is 0.0190. The van der Waals surface area contributed by atoms with E-state index in [1.807, 2.05) is 0 Å². The Morgan fingerprint density at radius 3 is 2.77 bits per heavy atom. The highest BCUT2D eigenvalue weighted by Crippen LogP contribution is 2.29. The summed E-state index contributed by atoms with van der Waals surface area (Å²) in [6.07, 6.45) is 4.06. The Kier molecular flexibility index (Phi) is 2.58. The van der Waals surface area contributed by atoms with Crippen molar-refractivity contribution in [3.8, 4) is 0 Å². The van der Waals surface area contributed by atoms with Crippen LogP contribution in [0.5, 0.6) is 0 Å². The lowest BCUT2D eigenvalue weighted by atomic mass is 9.98. The van der Waals surface area contributed by atoms with E-state index in [9.17, 15) is 0 Å². The minimum Gasteiger partial charge on any atom is -0.329 e. The van der Waals surface area contributed by atoms with Crippen molar-refractivity contribution >= 4 is 0 Å². The number of nitrogens with two attached hydrogens (primary N) is 1. The first kappa shape index (κ1) is 9.44. The average Bonchev–Trinajstić information content (AvgIpc) is 2.88. The van der Waals surface area contributed by atoms with Crippen LogP contribution in [-0.2, 0) is 0 Å². The first-order valence-corrected chi connectivity index (χ1v) is 5.38. The molecule has 1 aliphatic heterocycles. The molecule has 3 nitrogen and oxygen atoms in total. The van der Waals surface area contributed by atoms with Gasteiger partial charge in [0.2, 0.25) is 0 Å². The monoisotopic (exact) mass is 183 g/mol. The molecule has 0 aromatic rings. The average molecular weight is 183 g/mol. The van der Waals surface area contributed by atoms with Gasteiger partial charge in [-0.25, -0.2) is 0 Å². The third-order valence-electron chi connectivity index (χ3n) is 3.40. The van der Waals surface area contributed by atoms with E-state index in [2.05, 4.69) is 17.3 Å². The van der Waals surface area contributed by atoms with E-state index in [0.717, 1.165) is 19.0 Å². The molecule has 2 rings (SSSR count). The normalized spacial score (nSPS) is 35.5. The SMILES string of the molecule is CN1CCC(CN)(NCC2CC2)C1. The summed E-state index contributed by atoms with van der Waals surface area (Å²) in [4.78, 5) is 2.37. The lowest BCUT2D eigenvalue weighted by Crippen LogP contribution is -2.53. The Morgan fingerprint density at radius 2 is 2.31 bits per heavy atom. The van der Waals surface area contributed by atoms with Crippen molar-refractivity contribution in [3.63, 3.8) is 0 Å². The number of likely N-dealkylation sites (N-methyl/N-ethyl adjacent to an activating group) is 1. The molecule has 0 aromatic heterocycles. The van der Waals surface area contributed by atoms with Crippen molar-refractivity contribution < 1.29 is 0 Å². The number of nitrogens with zero attached hydrogens (tertiary/aromatic N) is 1. The van der Waals surface area contributed by atoms with Crippen LogP contribution in [0, 0.1) is 5.92 Å². The first-order valence-electron chi connectivity index (χ1n) is 5.38. The molecule has 1 aliphatic carbocycles. The second kappa shape index (κ2) is 3.56. The zero-order chi connectivity index (χ0) is 9.31. The lowest BCUT2D eigenvalue weighted by Gasteiger charge is -2.29. The van der Waals surface area contributed by atoms with Gasteiger partial charge in [-0.05, 0) is 45.3 Å². The van der Waals surface area contributed by atoms with Crippen LogP contribution in [0.25, 0.3) is 0 Å². The van der Waals surface area contributed by atoms with Gasteiger partial charge in [0, 0.05) is 18.6 Å². The Hall–Kier alpha value is -0.120. The highest BCUT2D eigenvalue weighted by Gasteiger charge is 2.36. The van der Waals surface area contributed by atoms with Gasteiger partial charge >= 0.3 is 0 Å². The summed E-state index contributed by atoms with van der Waals surface area (Å²) in [5.74, 6) is 0.953. The molecule has 0 spiro atoms. The van der Waals surface area contributed by atoms with Gasteiger partial charge in [0.1, 0.15) is 0 Å². The summed E-state index contributed by atoms with van der Waals surface area (Å²) in [6, 6.07) is 0. The third-order valence-corrected chi connectivity index (χ3v) is 3.40. The minimum atomic E-state index is 0.233. The zero-order valence-corrected chi connectivity index (χ0v) is 8.55. The zero-order valence-electron chi connectivity index (χ0n) is 8.55. The molecule has 1 atom stereocenters. The molecule has 0 bridgehead atoms. The molecule has 76 valence electrons. The highest BCUT2D eigenvalue weighted by molar-refractivity contribution is 4.98. The fourth-order valence-corrected chi connectivity index (χ4v) is 2.15. The molecule has 13 heavy (non-hydrogen) atoms. The van der Waals surface area contributed by atoms with Gasteiger partial charge in [0.25, 0.3) is 0 Å². The van der Waals surface area contributed by atoms with Gasteiger partial charge < -0.3 is 16.0 Å². The lowest BCUT2D eigenvalue weighted by molar-refractivity contribution is 0.313. The van der Waals surface area contributed by atoms with Crippen LogP contribution in [0.4, 0.5) is 0 Å². The van der Waals surface area contributed by atoms with Crippen LogP contribution < -0.4 is 11.1 Å². The molecule has 1 unspecified atom stereocenters. The van der Waals surface area contributed by atoms with Crippen molar-refractivity contribution in [2.75, 3.05) is 33.2 Å². The van der Waals surface area contributed by atoms with Crippen molar-refractivity contribution in [3.05, 3.63) is 0 Å². The molecular formula is C10H21N3. The van der Waals surface area contributed by atoms with Gasteiger partial charge in [0.05, 0.1) is 0 Å². The van der Waals surface area contributed by atoms with Gasteiger partial charge in [-0.3, -0.25) is 0 Å². The Bertz CT molecular complexity index is 179. The third kappa shape index (κ3) is 2.22. The number of hydrogen-bond donors (Lipinski definition) is 2. The molecular weight excluding hydrogens is 162 g/mol. The van der Waals surface area contributed by atoms with Crippen molar-refractivity contribution in [1.29, 1.82) is 0 Å². The molecule has 2 aliphatic rings. The Balaban J connectivity index is 1.82. The van der Waals surface area contributed by atoms with Crippen LogP contribution in [0.3, 0.4) is 0 Å². The molecule has 1 saturated heterocycles. The summed E-state index contributed by atoms with van der Waals surface area (Å²) in [6.45, 7) is 4.28. The van der Waals surface area contributed by atoms with Crippen LogP contribution in [0.1, 0.15) is 19.3 Å². The molecule has 0 aromatic carbocycles. The fraction of sp³-hybridized carbons (Fsp3) is 1.00. The van der Waals surface area contributed by atoms with Crippen LogP contribution >= 0.6 is 0 Å². The molecule has 3 heteroatoms. The van der Waals surface area contributed by atoms with E-state index in [4.69, 9.17) is 5.73 Å². The minimum absolute atomic E-state index is 0.233. The summed E-state index contributed by atoms with van der Waals surface area (Å²) in [7, 11) is 2.18. The Morgan fingerprint density at radius 1 is 1.54 bits per heavy atom. The number of rotatable bonds is 4. The molecule has 3 N–H and O–H groups in total. The van der Waals surface area contributed by atoms with E-state index in [-0.39, 0.29) is 5.54 Å². The second-order valence-electron chi connectivity index (χ2n) is 4.80. The quantitative estimate of drug-likeness (QED) is 0.645. The van der Waals surface area contributed by atoms with E-state index in [1.54, 1.807) is 0 Å². The standard InChI is InChI=1S/C10H21N3/c1-13-5-4-10(7-11,8-13)12-6-9-2-3-9/h9,12H,2-8,11H2,1H3. The molecule has 1 heterocycles. The summed E-state index contributed by atoms with van der Waals surface area (Å²) in [5, 5.41) is 3.67. The van der Waals surface area contributed by atoms with E-state index >= 15 is 0 Å².